The molecule has 1 aromatic carbocycles. The van der Waals surface area contributed by atoms with E-state index >= 15 is 0 Å². The van der Waals surface area contributed by atoms with E-state index < -0.39 is 11.4 Å². The zero-order valence-electron chi connectivity index (χ0n) is 12.4. The predicted octanol–water partition coefficient (Wildman–Crippen LogP) is 4.37. The summed E-state index contributed by atoms with van der Waals surface area (Å²) >= 11 is 6.39. The first-order chi connectivity index (χ1) is 11.4. The van der Waals surface area contributed by atoms with E-state index in [1.54, 1.807) is 6.08 Å². The zero-order chi connectivity index (χ0) is 17.2. The molecule has 0 bridgehead atoms. The van der Waals surface area contributed by atoms with E-state index in [0.717, 1.165) is 5.57 Å². The number of hydrogen-bond donors (Lipinski definition) is 0. The van der Waals surface area contributed by atoms with Crippen molar-refractivity contribution in [2.45, 2.75) is 13.3 Å². The Bertz CT molecular complexity index is 1110. The van der Waals surface area contributed by atoms with Crippen LogP contribution in [0, 0.1) is 5.82 Å². The van der Waals surface area contributed by atoms with Crippen molar-refractivity contribution >= 4 is 54.2 Å². The monoisotopic (exact) mass is 450 g/mol. The zero-order valence-corrected chi connectivity index (χ0v) is 15.5. The summed E-state index contributed by atoms with van der Waals surface area (Å²) in [5, 5.41) is -0.149. The van der Waals surface area contributed by atoms with Crippen LogP contribution in [0.15, 0.2) is 49.2 Å². The lowest BCUT2D eigenvalue weighted by atomic mass is 10.1. The Balaban J connectivity index is 2.14. The first-order valence-electron chi connectivity index (χ1n) is 7.13. The molecule has 0 radical (unpaired) electrons. The van der Waals surface area contributed by atoms with E-state index in [-0.39, 0.29) is 27.0 Å². The fraction of sp³-hybridized carbons (Fsp3) is 0.118. The van der Waals surface area contributed by atoms with Crippen LogP contribution in [0.2, 0.25) is 0 Å². The molecule has 0 amide bonds. The van der Waals surface area contributed by atoms with E-state index in [1.165, 1.54) is 10.6 Å². The predicted molar refractivity (Wildman–Crippen MR) is 96.4 cm³/mol. The van der Waals surface area contributed by atoms with Gasteiger partial charge in [0.15, 0.2) is 11.6 Å². The van der Waals surface area contributed by atoms with Crippen LogP contribution in [0.25, 0.3) is 16.6 Å². The second-order valence-electron chi connectivity index (χ2n) is 5.63. The van der Waals surface area contributed by atoms with Gasteiger partial charge in [-0.2, -0.15) is 0 Å². The van der Waals surface area contributed by atoms with Gasteiger partial charge >= 0.3 is 0 Å². The molecule has 0 unspecified atom stereocenters. The fourth-order valence-corrected chi connectivity index (χ4v) is 4.18. The lowest BCUT2D eigenvalue weighted by Gasteiger charge is -2.09. The van der Waals surface area contributed by atoms with Gasteiger partial charge in [-0.1, -0.05) is 17.7 Å². The van der Waals surface area contributed by atoms with Gasteiger partial charge in [0.05, 0.1) is 15.7 Å². The van der Waals surface area contributed by atoms with Gasteiger partial charge in [-0.25, -0.2) is 9.37 Å². The Kier molecular flexibility index (Phi) is 3.47. The molecule has 24 heavy (non-hydrogen) atoms. The topological polar surface area (TPSA) is 52.0 Å². The lowest BCUT2D eigenvalue weighted by Crippen LogP contribution is -2.23. The molecule has 4 rings (SSSR count). The maximum atomic E-state index is 14.5. The second-order valence-corrected chi connectivity index (χ2v) is 7.34. The Hall–Kier alpha value is -1.86. The van der Waals surface area contributed by atoms with E-state index in [2.05, 4.69) is 36.8 Å². The standard InChI is InChI=1S/C17H9Br2FN2O2/c1-7-2-4-8-11(5-3-7)22-16(15(8)23)21-14-10(19)6-9(18)13(20)12(14)17(22)24/h2-3,5-6H,4H2,1H3. The molecule has 1 aliphatic carbocycles. The van der Waals surface area contributed by atoms with Gasteiger partial charge < -0.3 is 0 Å². The third-order valence-electron chi connectivity index (χ3n) is 4.15. The summed E-state index contributed by atoms with van der Waals surface area (Å²) in [5.74, 6) is -0.957. The normalized spacial score (nSPS) is 16.3. The van der Waals surface area contributed by atoms with Crippen LogP contribution >= 0.6 is 31.9 Å². The molecule has 0 fully saturated rings. The molecule has 2 aliphatic rings. The minimum absolute atomic E-state index is 0.0255. The molecule has 4 nitrogen and oxygen atoms in total. The number of Topliss-reactive ketones (excluding diaryl/α,β-unsaturated/α-hetero) is 1. The minimum atomic E-state index is -0.686. The van der Waals surface area contributed by atoms with Crippen LogP contribution in [0.4, 0.5) is 4.39 Å². The van der Waals surface area contributed by atoms with Gasteiger partial charge in [0, 0.05) is 10.0 Å². The summed E-state index contributed by atoms with van der Waals surface area (Å²) in [4.78, 5) is 29.9. The Morgan fingerprint density at radius 2 is 1.96 bits per heavy atom. The van der Waals surface area contributed by atoms with Crippen LogP contribution in [-0.2, 0) is 0 Å². The van der Waals surface area contributed by atoms with Crippen molar-refractivity contribution in [2.24, 2.45) is 0 Å². The van der Waals surface area contributed by atoms with Gasteiger partial charge in [0.1, 0.15) is 5.39 Å². The van der Waals surface area contributed by atoms with Crippen molar-refractivity contribution in [1.82, 2.24) is 9.55 Å². The highest BCUT2D eigenvalue weighted by atomic mass is 79.9. The highest BCUT2D eigenvalue weighted by molar-refractivity contribution is 9.11. The van der Waals surface area contributed by atoms with Crippen LogP contribution in [0.5, 0.6) is 0 Å². The maximum Gasteiger partial charge on any atom is 0.269 e. The van der Waals surface area contributed by atoms with Gasteiger partial charge in [0.25, 0.3) is 5.56 Å². The summed E-state index contributed by atoms with van der Waals surface area (Å²) < 4.78 is 16.3. The van der Waals surface area contributed by atoms with Crippen molar-refractivity contribution in [3.05, 3.63) is 66.4 Å². The van der Waals surface area contributed by atoms with E-state index in [4.69, 9.17) is 0 Å². The molecular formula is C17H9Br2FN2O2. The third kappa shape index (κ3) is 2.04. The molecule has 1 aromatic heterocycles. The van der Waals surface area contributed by atoms with Crippen molar-refractivity contribution in [2.75, 3.05) is 0 Å². The number of ketones is 1. The molecule has 0 atom stereocenters. The Labute approximate surface area is 152 Å². The number of carbonyl (C=O) groups is 1. The van der Waals surface area contributed by atoms with Crippen LogP contribution in [-0.4, -0.2) is 15.3 Å². The van der Waals surface area contributed by atoms with Gasteiger partial charge in [-0.3, -0.25) is 14.2 Å². The minimum Gasteiger partial charge on any atom is -0.285 e. The number of rotatable bonds is 0. The maximum absolute atomic E-state index is 14.5. The number of fused-ring (bicyclic) bond motifs is 3. The SMILES string of the molecule is CC1=CCC2=C(C=C1)n1c(nc3c(Br)cc(Br)c(F)c3c1=O)C2=O. The largest absolute Gasteiger partial charge is 0.285 e. The first-order valence-corrected chi connectivity index (χ1v) is 8.72. The van der Waals surface area contributed by atoms with Crippen LogP contribution in [0.3, 0.4) is 0 Å². The Morgan fingerprint density at radius 1 is 1.21 bits per heavy atom. The molecule has 2 aromatic rings. The molecule has 120 valence electrons. The molecule has 1 aliphatic heterocycles. The van der Waals surface area contributed by atoms with Gasteiger partial charge in [-0.05, 0) is 57.3 Å². The quantitative estimate of drug-likeness (QED) is 0.558. The summed E-state index contributed by atoms with van der Waals surface area (Å²) in [6.45, 7) is 1.92. The summed E-state index contributed by atoms with van der Waals surface area (Å²) in [6.07, 6.45) is 5.87. The number of hydrogen-bond acceptors (Lipinski definition) is 3. The van der Waals surface area contributed by atoms with Gasteiger partial charge in [-0.15, -0.1) is 0 Å². The molecule has 0 saturated heterocycles. The van der Waals surface area contributed by atoms with E-state index in [1.807, 2.05) is 19.1 Å². The number of aromatic nitrogens is 2. The average Bonchev–Trinajstić information content (AvgIpc) is 2.67. The summed E-state index contributed by atoms with van der Waals surface area (Å²) in [7, 11) is 0. The number of halogens is 3. The molecule has 0 N–H and O–H groups in total. The smallest absolute Gasteiger partial charge is 0.269 e. The highest BCUT2D eigenvalue weighted by Crippen LogP contribution is 2.34. The van der Waals surface area contributed by atoms with Crippen molar-refractivity contribution in [1.29, 1.82) is 0 Å². The number of allylic oxidation sites excluding steroid dienone is 6. The van der Waals surface area contributed by atoms with Crippen LogP contribution < -0.4 is 5.56 Å². The van der Waals surface area contributed by atoms with Crippen molar-refractivity contribution < 1.29 is 9.18 Å². The van der Waals surface area contributed by atoms with Crippen molar-refractivity contribution in [3.8, 4) is 0 Å². The summed E-state index contributed by atoms with van der Waals surface area (Å²) in [5.41, 5.74) is 1.53. The lowest BCUT2D eigenvalue weighted by molar-refractivity contribution is 0.102. The number of nitrogens with zero attached hydrogens (tertiary/aromatic N) is 2. The number of carbonyl (C=O) groups excluding carboxylic acids is 1. The molecule has 0 spiro atoms. The fourth-order valence-electron chi connectivity index (χ4n) is 2.93. The molecule has 7 heteroatoms. The number of benzene rings is 1. The third-order valence-corrected chi connectivity index (χ3v) is 5.33. The van der Waals surface area contributed by atoms with E-state index in [0.29, 0.717) is 22.2 Å². The first kappa shape index (κ1) is 15.7. The molecular weight excluding hydrogens is 443 g/mol. The van der Waals surface area contributed by atoms with E-state index in [9.17, 15) is 14.0 Å². The molecule has 2 heterocycles. The summed E-state index contributed by atoms with van der Waals surface area (Å²) in [6, 6.07) is 1.48. The Morgan fingerprint density at radius 3 is 2.71 bits per heavy atom. The van der Waals surface area contributed by atoms with Crippen molar-refractivity contribution in [3.63, 3.8) is 0 Å². The highest BCUT2D eigenvalue weighted by Gasteiger charge is 2.33. The van der Waals surface area contributed by atoms with Crippen LogP contribution in [0.1, 0.15) is 24.0 Å². The van der Waals surface area contributed by atoms with Gasteiger partial charge in [0.2, 0.25) is 5.78 Å². The molecule has 0 saturated carbocycles. The second kappa shape index (κ2) is 5.32. The average molecular weight is 452 g/mol.